The molecule has 0 aromatic rings. The maximum absolute atomic E-state index is 11.4. The van der Waals surface area contributed by atoms with Gasteiger partial charge in [0, 0.05) is 26.3 Å². The Morgan fingerprint density at radius 2 is 2.00 bits per heavy atom. The van der Waals surface area contributed by atoms with Gasteiger partial charge in [0.25, 0.3) is 0 Å². The topological polar surface area (TPSA) is 49.8 Å². The quantitative estimate of drug-likeness (QED) is 0.775. The van der Waals surface area contributed by atoms with Crippen molar-refractivity contribution in [2.24, 2.45) is 11.3 Å². The third-order valence-corrected chi connectivity index (χ3v) is 3.15. The van der Waals surface area contributed by atoms with Crippen molar-refractivity contribution in [1.82, 2.24) is 4.90 Å². The first-order chi connectivity index (χ1) is 7.46. The molecule has 0 spiro atoms. The smallest absolute Gasteiger partial charge is 0.311 e. The van der Waals surface area contributed by atoms with Gasteiger partial charge in [0.2, 0.25) is 0 Å². The van der Waals surface area contributed by atoms with Crippen LogP contribution in [-0.4, -0.2) is 49.3 Å². The van der Waals surface area contributed by atoms with E-state index in [1.807, 2.05) is 7.05 Å². The first-order valence-corrected chi connectivity index (χ1v) is 5.96. The minimum absolute atomic E-state index is 0.565. The van der Waals surface area contributed by atoms with E-state index in [0.29, 0.717) is 38.5 Å². The van der Waals surface area contributed by atoms with Crippen molar-refractivity contribution in [3.8, 4) is 0 Å². The number of hydrogen-bond donors (Lipinski definition) is 1. The van der Waals surface area contributed by atoms with Crippen molar-refractivity contribution in [2.45, 2.75) is 26.7 Å². The van der Waals surface area contributed by atoms with Crippen LogP contribution >= 0.6 is 0 Å². The van der Waals surface area contributed by atoms with Crippen LogP contribution in [0.15, 0.2) is 0 Å². The molecule has 4 heteroatoms. The van der Waals surface area contributed by atoms with Gasteiger partial charge in [-0.2, -0.15) is 0 Å². The summed E-state index contributed by atoms with van der Waals surface area (Å²) in [6, 6.07) is 0. The summed E-state index contributed by atoms with van der Waals surface area (Å²) >= 11 is 0. The Hall–Kier alpha value is -0.610. The van der Waals surface area contributed by atoms with E-state index in [2.05, 4.69) is 18.7 Å². The Bertz CT molecular complexity index is 234. The molecule has 0 unspecified atom stereocenters. The summed E-state index contributed by atoms with van der Waals surface area (Å²) < 4.78 is 5.26. The minimum Gasteiger partial charge on any atom is -0.481 e. The largest absolute Gasteiger partial charge is 0.481 e. The highest BCUT2D eigenvalue weighted by atomic mass is 16.5. The van der Waals surface area contributed by atoms with E-state index in [1.165, 1.54) is 0 Å². The van der Waals surface area contributed by atoms with E-state index in [1.54, 1.807) is 0 Å². The highest BCUT2D eigenvalue weighted by molar-refractivity contribution is 5.75. The molecule has 0 atom stereocenters. The summed E-state index contributed by atoms with van der Waals surface area (Å²) in [6.07, 6.45) is 1.26. The van der Waals surface area contributed by atoms with E-state index in [0.717, 1.165) is 6.54 Å². The second-order valence-corrected chi connectivity index (χ2v) is 5.29. The summed E-state index contributed by atoms with van der Waals surface area (Å²) in [6.45, 7) is 7.01. The van der Waals surface area contributed by atoms with Crippen molar-refractivity contribution < 1.29 is 14.6 Å². The average Bonchev–Trinajstić information content (AvgIpc) is 2.17. The number of carbonyl (C=O) groups is 1. The lowest BCUT2D eigenvalue weighted by Crippen LogP contribution is -2.46. The van der Waals surface area contributed by atoms with Crippen LogP contribution in [0.1, 0.15) is 26.7 Å². The van der Waals surface area contributed by atoms with Gasteiger partial charge in [-0.25, -0.2) is 0 Å². The van der Waals surface area contributed by atoms with E-state index >= 15 is 0 Å². The fraction of sp³-hybridized carbons (Fsp3) is 0.917. The van der Waals surface area contributed by atoms with Crippen LogP contribution in [-0.2, 0) is 9.53 Å². The Morgan fingerprint density at radius 1 is 1.44 bits per heavy atom. The summed E-state index contributed by atoms with van der Waals surface area (Å²) in [5.41, 5.74) is -0.595. The first kappa shape index (κ1) is 13.5. The predicted octanol–water partition coefficient (Wildman–Crippen LogP) is 1.46. The lowest BCUT2D eigenvalue weighted by Gasteiger charge is -2.36. The number of carboxylic acids is 1. The second-order valence-electron chi connectivity index (χ2n) is 5.29. The van der Waals surface area contributed by atoms with Crippen molar-refractivity contribution in [3.05, 3.63) is 0 Å². The van der Waals surface area contributed by atoms with Gasteiger partial charge in [-0.3, -0.25) is 4.79 Å². The van der Waals surface area contributed by atoms with Crippen LogP contribution in [0.25, 0.3) is 0 Å². The molecule has 0 bridgehead atoms. The van der Waals surface area contributed by atoms with Crippen LogP contribution in [0.5, 0.6) is 0 Å². The predicted molar refractivity (Wildman–Crippen MR) is 62.5 cm³/mol. The van der Waals surface area contributed by atoms with Gasteiger partial charge in [-0.15, -0.1) is 0 Å². The number of rotatable bonds is 5. The molecule has 0 aromatic heterocycles. The summed E-state index contributed by atoms with van der Waals surface area (Å²) in [5.74, 6) is -0.109. The molecular weight excluding hydrogens is 206 g/mol. The average molecular weight is 229 g/mol. The second kappa shape index (κ2) is 5.64. The summed E-state index contributed by atoms with van der Waals surface area (Å²) in [7, 11) is 2.00. The van der Waals surface area contributed by atoms with Crippen LogP contribution < -0.4 is 0 Å². The van der Waals surface area contributed by atoms with Crippen LogP contribution in [0.4, 0.5) is 0 Å². The number of aliphatic carboxylic acids is 1. The third kappa shape index (κ3) is 3.46. The monoisotopic (exact) mass is 229 g/mol. The van der Waals surface area contributed by atoms with Crippen molar-refractivity contribution in [1.29, 1.82) is 0 Å². The van der Waals surface area contributed by atoms with Gasteiger partial charge < -0.3 is 14.7 Å². The number of carboxylic acid groups (broad SMARTS) is 1. The molecule has 1 rings (SSSR count). The lowest BCUT2D eigenvalue weighted by molar-refractivity contribution is -0.156. The minimum atomic E-state index is -0.675. The molecule has 94 valence electrons. The molecule has 1 fully saturated rings. The fourth-order valence-corrected chi connectivity index (χ4v) is 2.41. The van der Waals surface area contributed by atoms with Gasteiger partial charge in [0.1, 0.15) is 0 Å². The summed E-state index contributed by atoms with van der Waals surface area (Å²) in [4.78, 5) is 13.5. The molecule has 0 aliphatic carbocycles. The number of hydrogen-bond acceptors (Lipinski definition) is 3. The summed E-state index contributed by atoms with van der Waals surface area (Å²) in [5, 5.41) is 9.39. The first-order valence-electron chi connectivity index (χ1n) is 5.96. The van der Waals surface area contributed by atoms with Gasteiger partial charge in [0.05, 0.1) is 5.41 Å². The Kier molecular flexibility index (Phi) is 4.74. The maximum atomic E-state index is 11.4. The standard InChI is InChI=1S/C12H23NO3/c1-10(2)8-13(3)9-12(11(14)15)4-6-16-7-5-12/h10H,4-9H2,1-3H3,(H,14,15). The van der Waals surface area contributed by atoms with E-state index in [9.17, 15) is 9.90 Å². The maximum Gasteiger partial charge on any atom is 0.311 e. The van der Waals surface area contributed by atoms with Gasteiger partial charge in [-0.1, -0.05) is 13.8 Å². The van der Waals surface area contributed by atoms with Gasteiger partial charge in [-0.05, 0) is 25.8 Å². The van der Waals surface area contributed by atoms with E-state index < -0.39 is 11.4 Å². The van der Waals surface area contributed by atoms with E-state index in [-0.39, 0.29) is 0 Å². The zero-order valence-electron chi connectivity index (χ0n) is 10.5. The zero-order chi connectivity index (χ0) is 12.2. The van der Waals surface area contributed by atoms with Crippen LogP contribution in [0.3, 0.4) is 0 Å². The third-order valence-electron chi connectivity index (χ3n) is 3.15. The van der Waals surface area contributed by atoms with Crippen LogP contribution in [0.2, 0.25) is 0 Å². The van der Waals surface area contributed by atoms with Crippen molar-refractivity contribution in [2.75, 3.05) is 33.4 Å². The normalized spacial score (nSPS) is 20.3. The van der Waals surface area contributed by atoms with Gasteiger partial charge >= 0.3 is 5.97 Å². The molecule has 0 amide bonds. The molecule has 1 N–H and O–H groups in total. The fourth-order valence-electron chi connectivity index (χ4n) is 2.41. The number of ether oxygens (including phenoxy) is 1. The molecular formula is C12H23NO3. The molecule has 4 nitrogen and oxygen atoms in total. The number of nitrogens with zero attached hydrogens (tertiary/aromatic N) is 1. The molecule has 16 heavy (non-hydrogen) atoms. The highest BCUT2D eigenvalue weighted by Crippen LogP contribution is 2.31. The molecule has 1 aliphatic rings. The SMILES string of the molecule is CC(C)CN(C)CC1(C(=O)O)CCOCC1. The zero-order valence-corrected chi connectivity index (χ0v) is 10.5. The molecule has 1 aliphatic heterocycles. The molecule has 1 heterocycles. The Morgan fingerprint density at radius 3 is 2.44 bits per heavy atom. The van der Waals surface area contributed by atoms with Crippen molar-refractivity contribution >= 4 is 5.97 Å². The Balaban J connectivity index is 2.60. The lowest BCUT2D eigenvalue weighted by atomic mass is 9.79. The van der Waals surface area contributed by atoms with Crippen LogP contribution in [0, 0.1) is 11.3 Å². The van der Waals surface area contributed by atoms with Gasteiger partial charge in [0.15, 0.2) is 0 Å². The molecule has 0 aromatic carbocycles. The molecule has 1 saturated heterocycles. The van der Waals surface area contributed by atoms with Crippen molar-refractivity contribution in [3.63, 3.8) is 0 Å². The molecule has 0 saturated carbocycles. The Labute approximate surface area is 97.6 Å². The highest BCUT2D eigenvalue weighted by Gasteiger charge is 2.40. The molecule has 0 radical (unpaired) electrons. The van der Waals surface area contributed by atoms with E-state index in [4.69, 9.17) is 4.74 Å².